The van der Waals surface area contributed by atoms with Crippen molar-refractivity contribution in [2.24, 2.45) is 11.7 Å². The van der Waals surface area contributed by atoms with Gasteiger partial charge in [-0.15, -0.1) is 11.3 Å². The molecule has 1 aliphatic heterocycles. The van der Waals surface area contributed by atoms with Gasteiger partial charge in [0.2, 0.25) is 0 Å². The molecular weight excluding hydrogens is 284 g/mol. The second kappa shape index (κ2) is 5.66. The van der Waals surface area contributed by atoms with E-state index in [1.54, 1.807) is 18.4 Å². The first kappa shape index (κ1) is 14.4. The quantitative estimate of drug-likeness (QED) is 0.948. The minimum absolute atomic E-state index is 0.142. The summed E-state index contributed by atoms with van der Waals surface area (Å²) in [5.41, 5.74) is 6.76. The molecule has 1 fully saturated rings. The molecule has 0 unspecified atom stereocenters. The lowest BCUT2D eigenvalue weighted by atomic mass is 10.1. The molecule has 1 aromatic heterocycles. The van der Waals surface area contributed by atoms with E-state index in [1.807, 2.05) is 30.0 Å². The largest absolute Gasteiger partial charge is 0.497 e. The van der Waals surface area contributed by atoms with Crippen molar-refractivity contribution < 1.29 is 9.53 Å². The topological polar surface area (TPSA) is 55.6 Å². The van der Waals surface area contributed by atoms with E-state index in [0.29, 0.717) is 12.5 Å². The lowest BCUT2D eigenvalue weighted by Gasteiger charge is -2.15. The maximum Gasteiger partial charge on any atom is 0.264 e. The number of carbonyl (C=O) groups excluding carboxylic acids is 1. The van der Waals surface area contributed by atoms with Gasteiger partial charge >= 0.3 is 0 Å². The number of nitrogens with two attached hydrogens (primary N) is 1. The van der Waals surface area contributed by atoms with Crippen LogP contribution in [-0.4, -0.2) is 37.6 Å². The van der Waals surface area contributed by atoms with Crippen molar-refractivity contribution in [2.45, 2.75) is 13.3 Å². The smallest absolute Gasteiger partial charge is 0.264 e. The summed E-state index contributed by atoms with van der Waals surface area (Å²) < 4.78 is 6.40. The number of hydrogen-bond acceptors (Lipinski definition) is 4. The van der Waals surface area contributed by atoms with Crippen molar-refractivity contribution in [1.29, 1.82) is 0 Å². The summed E-state index contributed by atoms with van der Waals surface area (Å²) in [4.78, 5) is 15.5. The van der Waals surface area contributed by atoms with Gasteiger partial charge in [-0.1, -0.05) is 0 Å². The first-order valence-electron chi connectivity index (χ1n) is 7.20. The monoisotopic (exact) mass is 304 g/mol. The van der Waals surface area contributed by atoms with Gasteiger partial charge in [-0.3, -0.25) is 4.79 Å². The van der Waals surface area contributed by atoms with Crippen LogP contribution in [0.2, 0.25) is 0 Å². The summed E-state index contributed by atoms with van der Waals surface area (Å²) in [7, 11) is 1.66. The van der Waals surface area contributed by atoms with Crippen LogP contribution in [0.15, 0.2) is 18.2 Å². The van der Waals surface area contributed by atoms with E-state index >= 15 is 0 Å². The van der Waals surface area contributed by atoms with Crippen LogP contribution < -0.4 is 10.5 Å². The Hall–Kier alpha value is -1.59. The molecule has 21 heavy (non-hydrogen) atoms. The minimum Gasteiger partial charge on any atom is -0.497 e. The zero-order valence-electron chi connectivity index (χ0n) is 12.4. The Morgan fingerprint density at radius 2 is 2.33 bits per heavy atom. The minimum atomic E-state index is 0.142. The molecule has 112 valence electrons. The number of aryl methyl sites for hydroxylation is 1. The van der Waals surface area contributed by atoms with Crippen LogP contribution in [0.4, 0.5) is 0 Å². The standard InChI is InChI=1S/C16H20N2O2S/c1-10-13-7-12(20-2)3-4-14(13)21-15(10)16(19)18-6-5-11(8-17)9-18/h3-4,7,11H,5-6,8-9,17H2,1-2H3/t11-/m1/s1. The zero-order chi connectivity index (χ0) is 15.0. The van der Waals surface area contributed by atoms with Crippen LogP contribution in [0.1, 0.15) is 21.7 Å². The number of methoxy groups -OCH3 is 1. The third-order valence-electron chi connectivity index (χ3n) is 4.24. The first-order valence-corrected chi connectivity index (χ1v) is 8.02. The number of ether oxygens (including phenoxy) is 1. The molecule has 1 saturated heterocycles. The molecule has 2 N–H and O–H groups in total. The molecule has 2 aromatic rings. The highest BCUT2D eigenvalue weighted by Crippen LogP contribution is 2.34. The van der Waals surface area contributed by atoms with E-state index in [2.05, 4.69) is 0 Å². The van der Waals surface area contributed by atoms with Crippen LogP contribution in [0.3, 0.4) is 0 Å². The molecule has 3 rings (SSSR count). The molecular formula is C16H20N2O2S. The van der Waals surface area contributed by atoms with Crippen LogP contribution >= 0.6 is 11.3 Å². The normalized spacial score (nSPS) is 18.4. The van der Waals surface area contributed by atoms with E-state index in [-0.39, 0.29) is 5.91 Å². The molecule has 0 bridgehead atoms. The van der Waals surface area contributed by atoms with E-state index < -0.39 is 0 Å². The van der Waals surface area contributed by atoms with Gasteiger partial charge in [-0.05, 0) is 55.0 Å². The van der Waals surface area contributed by atoms with Gasteiger partial charge < -0.3 is 15.4 Å². The lowest BCUT2D eigenvalue weighted by Crippen LogP contribution is -2.29. The third kappa shape index (κ3) is 2.51. The highest BCUT2D eigenvalue weighted by Gasteiger charge is 2.28. The number of rotatable bonds is 3. The molecule has 5 heteroatoms. The molecule has 0 radical (unpaired) electrons. The summed E-state index contributed by atoms with van der Waals surface area (Å²) in [5, 5.41) is 1.11. The Morgan fingerprint density at radius 3 is 3.00 bits per heavy atom. The number of nitrogens with zero attached hydrogens (tertiary/aromatic N) is 1. The number of fused-ring (bicyclic) bond motifs is 1. The molecule has 1 atom stereocenters. The zero-order valence-corrected chi connectivity index (χ0v) is 13.2. The number of thiophene rings is 1. The predicted octanol–water partition coefficient (Wildman–Crippen LogP) is 2.64. The molecule has 0 aliphatic carbocycles. The molecule has 1 aliphatic rings. The van der Waals surface area contributed by atoms with E-state index in [4.69, 9.17) is 10.5 Å². The van der Waals surface area contributed by atoms with E-state index in [9.17, 15) is 4.79 Å². The molecule has 4 nitrogen and oxygen atoms in total. The van der Waals surface area contributed by atoms with Gasteiger partial charge in [0.05, 0.1) is 12.0 Å². The fraction of sp³-hybridized carbons (Fsp3) is 0.438. The van der Waals surface area contributed by atoms with Crippen molar-refractivity contribution in [3.8, 4) is 5.75 Å². The van der Waals surface area contributed by atoms with Gasteiger partial charge in [-0.25, -0.2) is 0 Å². The Labute approximate surface area is 128 Å². The first-order chi connectivity index (χ1) is 10.1. The van der Waals surface area contributed by atoms with Crippen molar-refractivity contribution in [3.05, 3.63) is 28.6 Å². The van der Waals surface area contributed by atoms with Crippen LogP contribution in [0, 0.1) is 12.8 Å². The van der Waals surface area contributed by atoms with Crippen molar-refractivity contribution in [1.82, 2.24) is 4.90 Å². The van der Waals surface area contributed by atoms with Crippen molar-refractivity contribution in [3.63, 3.8) is 0 Å². The Bertz CT molecular complexity index is 680. The van der Waals surface area contributed by atoms with Gasteiger partial charge in [0, 0.05) is 17.8 Å². The highest BCUT2D eigenvalue weighted by atomic mass is 32.1. The van der Waals surface area contributed by atoms with E-state index in [1.165, 1.54) is 0 Å². The molecule has 1 amide bonds. The summed E-state index contributed by atoms with van der Waals surface area (Å²) in [6, 6.07) is 5.97. The van der Waals surface area contributed by atoms with Crippen LogP contribution in [-0.2, 0) is 0 Å². The molecule has 0 saturated carbocycles. The van der Waals surface area contributed by atoms with Crippen molar-refractivity contribution in [2.75, 3.05) is 26.7 Å². The second-order valence-electron chi connectivity index (χ2n) is 5.56. The maximum atomic E-state index is 12.7. The number of carbonyl (C=O) groups is 1. The second-order valence-corrected chi connectivity index (χ2v) is 6.61. The van der Waals surface area contributed by atoms with Gasteiger partial charge in [-0.2, -0.15) is 0 Å². The average molecular weight is 304 g/mol. The summed E-state index contributed by atoms with van der Waals surface area (Å²) in [5.74, 6) is 1.42. The number of hydrogen-bond donors (Lipinski definition) is 1. The fourth-order valence-corrected chi connectivity index (χ4v) is 4.04. The number of likely N-dealkylation sites (tertiary alicyclic amines) is 1. The summed E-state index contributed by atoms with van der Waals surface area (Å²) >= 11 is 1.57. The third-order valence-corrected chi connectivity index (χ3v) is 5.50. The van der Waals surface area contributed by atoms with Crippen molar-refractivity contribution >= 4 is 27.3 Å². The number of benzene rings is 1. The Kier molecular flexibility index (Phi) is 3.87. The van der Waals surface area contributed by atoms with Gasteiger partial charge in [0.1, 0.15) is 5.75 Å². The van der Waals surface area contributed by atoms with Gasteiger partial charge in [0.25, 0.3) is 5.91 Å². The molecule has 2 heterocycles. The SMILES string of the molecule is COc1ccc2sc(C(=O)N3CC[C@H](CN)C3)c(C)c2c1. The maximum absolute atomic E-state index is 12.7. The van der Waals surface area contributed by atoms with Gasteiger partial charge in [0.15, 0.2) is 0 Å². The molecule has 1 aromatic carbocycles. The summed E-state index contributed by atoms with van der Waals surface area (Å²) in [6.07, 6.45) is 1.01. The Morgan fingerprint density at radius 1 is 1.52 bits per heavy atom. The summed E-state index contributed by atoms with van der Waals surface area (Å²) in [6.45, 7) is 4.28. The fourth-order valence-electron chi connectivity index (χ4n) is 2.88. The highest BCUT2D eigenvalue weighted by molar-refractivity contribution is 7.21. The number of amides is 1. The molecule has 0 spiro atoms. The van der Waals surface area contributed by atoms with Crippen LogP contribution in [0.5, 0.6) is 5.75 Å². The average Bonchev–Trinajstić information content (AvgIpc) is 3.11. The van der Waals surface area contributed by atoms with E-state index in [0.717, 1.165) is 45.8 Å². The Balaban J connectivity index is 1.93. The predicted molar refractivity (Wildman–Crippen MR) is 86.2 cm³/mol. The lowest BCUT2D eigenvalue weighted by molar-refractivity contribution is 0.0792. The van der Waals surface area contributed by atoms with Crippen LogP contribution in [0.25, 0.3) is 10.1 Å².